The van der Waals surface area contributed by atoms with Crippen LogP contribution in [0.4, 0.5) is 10.9 Å². The first-order valence-electron chi connectivity index (χ1n) is 6.26. The second-order valence-electron chi connectivity index (χ2n) is 4.46. The normalized spacial score (nSPS) is 12.2. The van der Waals surface area contributed by atoms with Crippen molar-refractivity contribution in [2.75, 3.05) is 36.2 Å². The number of aromatic nitrogens is 1. The molecule has 0 aliphatic carbocycles. The molecule has 1 aromatic heterocycles. The molecule has 0 radical (unpaired) electrons. The van der Waals surface area contributed by atoms with E-state index in [4.69, 9.17) is 5.73 Å². The summed E-state index contributed by atoms with van der Waals surface area (Å²) >= 11 is 3.05. The van der Waals surface area contributed by atoms with Gasteiger partial charge in [-0.25, -0.2) is 4.98 Å². The molecule has 1 rings (SSSR count). The molecule has 0 saturated heterocycles. The van der Waals surface area contributed by atoms with Gasteiger partial charge in [-0.1, -0.05) is 18.3 Å². The molecule has 0 fully saturated rings. The summed E-state index contributed by atoms with van der Waals surface area (Å²) in [5, 5.41) is 3.73. The molecule has 1 amide bonds. The number of nitrogen functional groups attached to an aromatic ring is 1. The van der Waals surface area contributed by atoms with Crippen LogP contribution in [0, 0.1) is 0 Å². The van der Waals surface area contributed by atoms with Gasteiger partial charge in [0.15, 0.2) is 5.13 Å². The van der Waals surface area contributed by atoms with Crippen molar-refractivity contribution < 1.29 is 4.79 Å². The summed E-state index contributed by atoms with van der Waals surface area (Å²) in [6, 6.07) is 0.126. The van der Waals surface area contributed by atoms with Crippen molar-refractivity contribution in [3.63, 3.8) is 0 Å². The topological polar surface area (TPSA) is 71.2 Å². The number of carbonyl (C=O) groups excluding carboxylic acids is 1. The van der Waals surface area contributed by atoms with Crippen molar-refractivity contribution >= 4 is 40.0 Å². The molecule has 0 spiro atoms. The summed E-state index contributed by atoms with van der Waals surface area (Å²) in [7, 11) is 1.96. The average Bonchev–Trinajstić information content (AvgIpc) is 2.72. The lowest BCUT2D eigenvalue weighted by atomic mass is 10.3. The minimum absolute atomic E-state index is 0.126. The number of thiazole rings is 1. The van der Waals surface area contributed by atoms with E-state index < -0.39 is 0 Å². The number of nitrogens with one attached hydrogen (secondary N) is 1. The van der Waals surface area contributed by atoms with Crippen LogP contribution in [0.25, 0.3) is 0 Å². The van der Waals surface area contributed by atoms with E-state index in [1.165, 1.54) is 11.3 Å². The number of nitrogens with two attached hydrogens (primary N) is 1. The molecule has 0 aliphatic heterocycles. The summed E-state index contributed by atoms with van der Waals surface area (Å²) in [5.41, 5.74) is 5.83. The Balaban J connectivity index is 2.75. The third-order valence-corrected chi connectivity index (χ3v) is 4.55. The number of hydrogen-bond acceptors (Lipinski definition) is 6. The number of hydrogen-bond donors (Lipinski definition) is 2. The van der Waals surface area contributed by atoms with Crippen LogP contribution in [-0.2, 0) is 0 Å². The van der Waals surface area contributed by atoms with E-state index in [2.05, 4.69) is 17.2 Å². The van der Waals surface area contributed by atoms with Gasteiger partial charge < -0.3 is 16.0 Å². The highest BCUT2D eigenvalue weighted by atomic mass is 32.2. The second kappa shape index (κ2) is 7.59. The molecule has 3 N–H and O–H groups in total. The summed E-state index contributed by atoms with van der Waals surface area (Å²) in [4.78, 5) is 18.9. The van der Waals surface area contributed by atoms with Crippen molar-refractivity contribution in [2.24, 2.45) is 0 Å². The molecule has 0 saturated carbocycles. The highest BCUT2D eigenvalue weighted by Gasteiger charge is 2.19. The van der Waals surface area contributed by atoms with Crippen LogP contribution < -0.4 is 16.0 Å². The van der Waals surface area contributed by atoms with Crippen molar-refractivity contribution in [3.05, 3.63) is 4.88 Å². The van der Waals surface area contributed by atoms with Gasteiger partial charge in [0, 0.05) is 25.4 Å². The molecular formula is C12H22N4OS2. The summed E-state index contributed by atoms with van der Waals surface area (Å²) < 4.78 is 0. The molecule has 1 aromatic rings. The summed E-state index contributed by atoms with van der Waals surface area (Å²) in [6.07, 6.45) is 3.05. The molecular weight excluding hydrogens is 280 g/mol. The van der Waals surface area contributed by atoms with E-state index in [1.54, 1.807) is 11.8 Å². The predicted octanol–water partition coefficient (Wildman–Crippen LogP) is 2.05. The fourth-order valence-electron chi connectivity index (χ4n) is 1.66. The number of nitrogens with zero attached hydrogens (tertiary/aromatic N) is 2. The third kappa shape index (κ3) is 4.58. The Bertz CT molecular complexity index is 422. The smallest absolute Gasteiger partial charge is 0.265 e. The maximum absolute atomic E-state index is 12.1. The van der Waals surface area contributed by atoms with E-state index in [9.17, 15) is 4.79 Å². The zero-order valence-electron chi connectivity index (χ0n) is 11.9. The molecule has 108 valence electrons. The van der Waals surface area contributed by atoms with Gasteiger partial charge in [-0.15, -0.1) is 0 Å². The van der Waals surface area contributed by atoms with Crippen molar-refractivity contribution in [3.8, 4) is 0 Å². The number of amides is 1. The Morgan fingerprint density at radius 2 is 2.32 bits per heavy atom. The Morgan fingerprint density at radius 1 is 1.63 bits per heavy atom. The van der Waals surface area contributed by atoms with E-state index in [0.717, 1.165) is 23.8 Å². The van der Waals surface area contributed by atoms with Gasteiger partial charge in [0.25, 0.3) is 5.91 Å². The minimum atomic E-state index is -0.132. The van der Waals surface area contributed by atoms with Gasteiger partial charge in [0.2, 0.25) is 0 Å². The number of thioether (sulfide) groups is 1. The van der Waals surface area contributed by atoms with Crippen LogP contribution >= 0.6 is 23.1 Å². The Hall–Kier alpha value is -0.950. The monoisotopic (exact) mass is 302 g/mol. The number of carbonyl (C=O) groups is 1. The summed E-state index contributed by atoms with van der Waals surface area (Å²) in [6.45, 7) is 4.98. The average molecular weight is 302 g/mol. The lowest BCUT2D eigenvalue weighted by Gasteiger charge is -2.13. The fraction of sp³-hybridized carbons (Fsp3) is 0.667. The molecule has 1 heterocycles. The van der Waals surface area contributed by atoms with Gasteiger partial charge in [-0.05, 0) is 19.6 Å². The standard InChI is InChI=1S/C12H22N4OS2/c1-5-6-16(3)12-15-10(13)9(19-12)11(17)14-8(2)7-18-4/h8H,5-7,13H2,1-4H3,(H,14,17). The first-order chi connectivity index (χ1) is 8.99. The first kappa shape index (κ1) is 16.1. The van der Waals surface area contributed by atoms with Crippen LogP contribution in [0.5, 0.6) is 0 Å². The van der Waals surface area contributed by atoms with Crippen LogP contribution in [0.3, 0.4) is 0 Å². The molecule has 7 heteroatoms. The largest absolute Gasteiger partial charge is 0.382 e. The van der Waals surface area contributed by atoms with Crippen LogP contribution in [0.1, 0.15) is 29.9 Å². The molecule has 0 aliphatic rings. The Labute approximate surface area is 123 Å². The van der Waals surface area contributed by atoms with Gasteiger partial charge in [-0.2, -0.15) is 11.8 Å². The lowest BCUT2D eigenvalue weighted by Crippen LogP contribution is -2.34. The molecule has 19 heavy (non-hydrogen) atoms. The zero-order chi connectivity index (χ0) is 14.4. The third-order valence-electron chi connectivity index (χ3n) is 2.53. The van der Waals surface area contributed by atoms with E-state index in [0.29, 0.717) is 10.7 Å². The number of anilines is 2. The molecule has 5 nitrogen and oxygen atoms in total. The quantitative estimate of drug-likeness (QED) is 0.806. The predicted molar refractivity (Wildman–Crippen MR) is 85.4 cm³/mol. The Kier molecular flexibility index (Phi) is 6.44. The maximum Gasteiger partial charge on any atom is 0.265 e. The van der Waals surface area contributed by atoms with E-state index >= 15 is 0 Å². The van der Waals surface area contributed by atoms with Crippen molar-refractivity contribution in [1.29, 1.82) is 0 Å². The number of rotatable bonds is 7. The van der Waals surface area contributed by atoms with Crippen molar-refractivity contribution in [2.45, 2.75) is 26.3 Å². The highest BCUT2D eigenvalue weighted by molar-refractivity contribution is 7.98. The van der Waals surface area contributed by atoms with Crippen LogP contribution in [0.15, 0.2) is 0 Å². The molecule has 0 aromatic carbocycles. The zero-order valence-corrected chi connectivity index (χ0v) is 13.5. The van der Waals surface area contributed by atoms with Gasteiger partial charge >= 0.3 is 0 Å². The summed E-state index contributed by atoms with van der Waals surface area (Å²) in [5.74, 6) is 1.07. The fourth-order valence-corrected chi connectivity index (χ4v) is 3.12. The molecule has 0 bridgehead atoms. The van der Waals surface area contributed by atoms with Gasteiger partial charge in [-0.3, -0.25) is 4.79 Å². The highest BCUT2D eigenvalue weighted by Crippen LogP contribution is 2.27. The minimum Gasteiger partial charge on any atom is -0.382 e. The van der Waals surface area contributed by atoms with Crippen LogP contribution in [0.2, 0.25) is 0 Å². The van der Waals surface area contributed by atoms with E-state index in [-0.39, 0.29) is 11.9 Å². The first-order valence-corrected chi connectivity index (χ1v) is 8.47. The lowest BCUT2D eigenvalue weighted by molar-refractivity contribution is 0.0948. The Morgan fingerprint density at radius 3 is 2.89 bits per heavy atom. The van der Waals surface area contributed by atoms with Gasteiger partial charge in [0.05, 0.1) is 0 Å². The second-order valence-corrected chi connectivity index (χ2v) is 6.35. The SMILES string of the molecule is CCCN(C)c1nc(N)c(C(=O)NC(C)CSC)s1. The molecule has 1 unspecified atom stereocenters. The maximum atomic E-state index is 12.1. The van der Waals surface area contributed by atoms with Crippen molar-refractivity contribution in [1.82, 2.24) is 10.3 Å². The van der Waals surface area contributed by atoms with Crippen LogP contribution in [-0.4, -0.2) is 42.5 Å². The van der Waals surface area contributed by atoms with E-state index in [1.807, 2.05) is 25.1 Å². The van der Waals surface area contributed by atoms with Gasteiger partial charge in [0.1, 0.15) is 10.7 Å². The molecule has 1 atom stereocenters.